The van der Waals surface area contributed by atoms with E-state index in [1.807, 2.05) is 32.0 Å². The van der Waals surface area contributed by atoms with Crippen molar-refractivity contribution >= 4 is 5.69 Å². The number of rotatable bonds is 4. The fourth-order valence-electron chi connectivity index (χ4n) is 2.52. The van der Waals surface area contributed by atoms with Crippen LogP contribution in [0.25, 0.3) is 0 Å². The van der Waals surface area contributed by atoms with Gasteiger partial charge in [0.15, 0.2) is 18.1 Å². The molecule has 6 heteroatoms. The van der Waals surface area contributed by atoms with E-state index in [2.05, 4.69) is 0 Å². The van der Waals surface area contributed by atoms with Gasteiger partial charge in [-0.1, -0.05) is 12.1 Å². The van der Waals surface area contributed by atoms with Crippen molar-refractivity contribution in [2.75, 3.05) is 6.61 Å². The van der Waals surface area contributed by atoms with Gasteiger partial charge in [0, 0.05) is 17.7 Å². The number of fused-ring (bicyclic) bond motifs is 1. The van der Waals surface area contributed by atoms with Gasteiger partial charge in [0.1, 0.15) is 0 Å². The van der Waals surface area contributed by atoms with Crippen LogP contribution in [0.2, 0.25) is 0 Å². The Morgan fingerprint density at radius 3 is 2.39 bits per heavy atom. The molecule has 120 valence electrons. The quantitative estimate of drug-likeness (QED) is 0.636. The molecule has 2 aromatic rings. The van der Waals surface area contributed by atoms with Gasteiger partial charge in [-0.15, -0.1) is 0 Å². The minimum Gasteiger partial charge on any atom is -0.482 e. The summed E-state index contributed by atoms with van der Waals surface area (Å²) in [4.78, 5) is 10.4. The topological polar surface area (TPSA) is 70.8 Å². The summed E-state index contributed by atoms with van der Waals surface area (Å²) in [7, 11) is 0. The third-order valence-corrected chi connectivity index (χ3v) is 3.49. The maximum Gasteiger partial charge on any atom is 0.272 e. The van der Waals surface area contributed by atoms with E-state index in [1.165, 1.54) is 12.1 Å². The second-order valence-corrected chi connectivity index (χ2v) is 5.56. The first-order valence-electron chi connectivity index (χ1n) is 7.34. The van der Waals surface area contributed by atoms with Gasteiger partial charge in [0.05, 0.1) is 11.0 Å². The van der Waals surface area contributed by atoms with E-state index in [0.29, 0.717) is 17.1 Å². The van der Waals surface area contributed by atoms with Crippen molar-refractivity contribution in [1.82, 2.24) is 0 Å². The maximum absolute atomic E-state index is 10.8. The summed E-state index contributed by atoms with van der Waals surface area (Å²) < 4.78 is 17.9. The van der Waals surface area contributed by atoms with Crippen molar-refractivity contribution in [3.63, 3.8) is 0 Å². The van der Waals surface area contributed by atoms with Crippen molar-refractivity contribution in [3.05, 3.63) is 64.2 Å². The van der Waals surface area contributed by atoms with E-state index in [9.17, 15) is 10.1 Å². The zero-order valence-electron chi connectivity index (χ0n) is 12.9. The van der Waals surface area contributed by atoms with Crippen molar-refractivity contribution in [2.24, 2.45) is 0 Å². The Hall–Kier alpha value is -2.60. The highest BCUT2D eigenvalue weighted by Crippen LogP contribution is 2.41. The number of non-ortho nitro benzene ring substituents is 1. The molecule has 0 bridgehead atoms. The summed E-state index contributed by atoms with van der Waals surface area (Å²) in [5, 5.41) is 10.8. The molecule has 3 rings (SSSR count). The SMILES string of the molecule is CC(C)O[C@]1(c2ccc([N+](=O)[O-])cc2)COc2ccccc2O1. The lowest BCUT2D eigenvalue weighted by Crippen LogP contribution is -2.46. The second kappa shape index (κ2) is 5.89. The van der Waals surface area contributed by atoms with Crippen molar-refractivity contribution in [1.29, 1.82) is 0 Å². The minimum absolute atomic E-state index is 0.0191. The van der Waals surface area contributed by atoms with Crippen LogP contribution in [0.5, 0.6) is 11.5 Å². The van der Waals surface area contributed by atoms with Crippen LogP contribution >= 0.6 is 0 Å². The van der Waals surface area contributed by atoms with E-state index >= 15 is 0 Å². The highest BCUT2D eigenvalue weighted by molar-refractivity contribution is 5.43. The van der Waals surface area contributed by atoms with Crippen LogP contribution in [-0.2, 0) is 10.5 Å². The normalized spacial score (nSPS) is 19.6. The van der Waals surface area contributed by atoms with Crippen LogP contribution in [0.1, 0.15) is 19.4 Å². The molecule has 0 saturated heterocycles. The lowest BCUT2D eigenvalue weighted by atomic mass is 10.0. The van der Waals surface area contributed by atoms with Crippen LogP contribution in [0.15, 0.2) is 48.5 Å². The predicted molar refractivity (Wildman–Crippen MR) is 83.6 cm³/mol. The molecule has 0 fully saturated rings. The summed E-state index contributed by atoms with van der Waals surface area (Å²) in [6.45, 7) is 3.97. The summed E-state index contributed by atoms with van der Waals surface area (Å²) in [6.07, 6.45) is -0.112. The number of hydrogen-bond donors (Lipinski definition) is 0. The largest absolute Gasteiger partial charge is 0.482 e. The van der Waals surface area contributed by atoms with Crippen LogP contribution < -0.4 is 9.47 Å². The number of para-hydroxylation sites is 2. The molecule has 0 aromatic heterocycles. The molecule has 1 heterocycles. The highest BCUT2D eigenvalue weighted by Gasteiger charge is 2.42. The second-order valence-electron chi connectivity index (χ2n) is 5.56. The number of nitro benzene ring substituents is 1. The van der Waals surface area contributed by atoms with Gasteiger partial charge in [0.2, 0.25) is 0 Å². The fourth-order valence-corrected chi connectivity index (χ4v) is 2.52. The summed E-state index contributed by atoms with van der Waals surface area (Å²) in [6, 6.07) is 13.5. The van der Waals surface area contributed by atoms with Gasteiger partial charge in [-0.05, 0) is 38.1 Å². The van der Waals surface area contributed by atoms with Gasteiger partial charge >= 0.3 is 0 Å². The van der Waals surface area contributed by atoms with E-state index < -0.39 is 10.7 Å². The number of nitrogens with zero attached hydrogens (tertiary/aromatic N) is 1. The van der Waals surface area contributed by atoms with Gasteiger partial charge in [-0.3, -0.25) is 10.1 Å². The first-order chi connectivity index (χ1) is 11.0. The summed E-state index contributed by atoms with van der Waals surface area (Å²) in [5.74, 6) is 0.104. The molecule has 1 aliphatic heterocycles. The molecule has 0 spiro atoms. The third-order valence-electron chi connectivity index (χ3n) is 3.49. The Morgan fingerprint density at radius 1 is 1.13 bits per heavy atom. The molecule has 1 atom stereocenters. The average molecular weight is 315 g/mol. The monoisotopic (exact) mass is 315 g/mol. The Balaban J connectivity index is 1.99. The zero-order chi connectivity index (χ0) is 16.4. The minimum atomic E-state index is -1.13. The molecule has 0 radical (unpaired) electrons. The number of benzene rings is 2. The first kappa shape index (κ1) is 15.3. The van der Waals surface area contributed by atoms with E-state index in [0.717, 1.165) is 0 Å². The smallest absolute Gasteiger partial charge is 0.272 e. The average Bonchev–Trinajstić information content (AvgIpc) is 2.54. The summed E-state index contributed by atoms with van der Waals surface area (Å²) in [5.41, 5.74) is 0.692. The number of ether oxygens (including phenoxy) is 3. The maximum atomic E-state index is 10.8. The van der Waals surface area contributed by atoms with Crippen molar-refractivity contribution in [3.8, 4) is 11.5 Å². The molecule has 0 N–H and O–H groups in total. The van der Waals surface area contributed by atoms with Crippen LogP contribution in [0.4, 0.5) is 5.69 Å². The number of hydrogen-bond acceptors (Lipinski definition) is 5. The molecule has 0 unspecified atom stereocenters. The van der Waals surface area contributed by atoms with E-state index in [4.69, 9.17) is 14.2 Å². The Bertz CT molecular complexity index is 713. The molecular weight excluding hydrogens is 298 g/mol. The van der Waals surface area contributed by atoms with Crippen LogP contribution in [-0.4, -0.2) is 17.6 Å². The van der Waals surface area contributed by atoms with Crippen LogP contribution in [0, 0.1) is 10.1 Å². The van der Waals surface area contributed by atoms with Crippen molar-refractivity contribution < 1.29 is 19.1 Å². The molecular formula is C17H17NO5. The molecule has 0 amide bonds. The lowest BCUT2D eigenvalue weighted by Gasteiger charge is -2.39. The zero-order valence-corrected chi connectivity index (χ0v) is 12.9. The molecule has 0 saturated carbocycles. The molecule has 23 heavy (non-hydrogen) atoms. The Labute approximate surface area is 133 Å². The number of nitro groups is 1. The molecule has 6 nitrogen and oxygen atoms in total. The lowest BCUT2D eigenvalue weighted by molar-refractivity contribution is -0.384. The summed E-state index contributed by atoms with van der Waals surface area (Å²) >= 11 is 0. The third kappa shape index (κ3) is 2.98. The fraction of sp³-hybridized carbons (Fsp3) is 0.294. The molecule has 0 aliphatic carbocycles. The van der Waals surface area contributed by atoms with Gasteiger partial charge in [-0.2, -0.15) is 0 Å². The van der Waals surface area contributed by atoms with E-state index in [-0.39, 0.29) is 18.4 Å². The van der Waals surface area contributed by atoms with Gasteiger partial charge in [0.25, 0.3) is 11.5 Å². The standard InChI is InChI=1S/C17H17NO5/c1-12(2)22-17(13-7-9-14(10-8-13)18(19)20)11-21-15-5-3-4-6-16(15)23-17/h3-10,12H,11H2,1-2H3/t17-/m1/s1. The van der Waals surface area contributed by atoms with Crippen molar-refractivity contribution in [2.45, 2.75) is 25.7 Å². The first-order valence-corrected chi connectivity index (χ1v) is 7.34. The van der Waals surface area contributed by atoms with Crippen LogP contribution in [0.3, 0.4) is 0 Å². The molecule has 1 aliphatic rings. The van der Waals surface area contributed by atoms with Gasteiger partial charge in [-0.25, -0.2) is 0 Å². The predicted octanol–water partition coefficient (Wildman–Crippen LogP) is 3.64. The molecule has 2 aromatic carbocycles. The highest BCUT2D eigenvalue weighted by atomic mass is 16.7. The van der Waals surface area contributed by atoms with Gasteiger partial charge < -0.3 is 14.2 Å². The van der Waals surface area contributed by atoms with E-state index in [1.54, 1.807) is 18.2 Å². The Morgan fingerprint density at radius 2 is 1.78 bits per heavy atom. The Kier molecular flexibility index (Phi) is 3.92.